The fourth-order valence-electron chi connectivity index (χ4n) is 3.17. The molecule has 0 bridgehead atoms. The van der Waals surface area contributed by atoms with E-state index in [1.807, 2.05) is 12.1 Å². The maximum Gasteiger partial charge on any atom is 0.270 e. The fraction of sp³-hybridized carbons (Fsp3) is 0.208. The summed E-state index contributed by atoms with van der Waals surface area (Å²) in [7, 11) is 4.73. The number of likely N-dealkylation sites (N-methyl/N-ethyl adjacent to an activating group) is 1. The molecular weight excluding hydrogens is 447 g/mol. The first kappa shape index (κ1) is 24.1. The number of benzene rings is 3. The van der Waals surface area contributed by atoms with E-state index >= 15 is 0 Å². The lowest BCUT2D eigenvalue weighted by Crippen LogP contribution is -2.29. The third-order valence-corrected chi connectivity index (χ3v) is 6.12. The van der Waals surface area contributed by atoms with Gasteiger partial charge in [-0.15, -0.1) is 0 Å². The third-order valence-electron chi connectivity index (χ3n) is 4.99. The van der Waals surface area contributed by atoms with E-state index in [1.54, 1.807) is 45.5 Å². The molecule has 7 nitrogen and oxygen atoms in total. The van der Waals surface area contributed by atoms with Gasteiger partial charge in [0, 0.05) is 35.5 Å². The summed E-state index contributed by atoms with van der Waals surface area (Å²) in [6.45, 7) is 0.362. The lowest BCUT2D eigenvalue weighted by molar-refractivity contribution is -0.384. The zero-order valence-corrected chi connectivity index (χ0v) is 19.2. The number of nitrogens with zero attached hydrogens (tertiary/aromatic N) is 2. The molecular formula is C24H23FN2O5S. The van der Waals surface area contributed by atoms with Gasteiger partial charge < -0.3 is 14.4 Å². The van der Waals surface area contributed by atoms with Gasteiger partial charge in [0.15, 0.2) is 11.5 Å². The van der Waals surface area contributed by atoms with Crippen molar-refractivity contribution in [1.82, 2.24) is 4.90 Å². The van der Waals surface area contributed by atoms with Crippen LogP contribution in [0.1, 0.15) is 15.9 Å². The summed E-state index contributed by atoms with van der Waals surface area (Å²) in [4.78, 5) is 26.2. The number of nitro groups is 1. The molecule has 3 aromatic carbocycles. The van der Waals surface area contributed by atoms with Crippen LogP contribution in [0.15, 0.2) is 70.5 Å². The Balaban J connectivity index is 1.83. The highest BCUT2D eigenvalue weighted by Gasteiger charge is 2.21. The Kier molecular flexibility index (Phi) is 7.89. The molecule has 0 fully saturated rings. The standard InChI is InChI=1S/C24H23FN2O5S/c1-26(13-12-16-8-10-20(31-2)21(14-16)32-3)24(28)18-15-17(27(29)30)9-11-22(18)33-23-7-5-4-6-19(23)25/h4-11,14-15H,12-13H2,1-3H3. The molecule has 33 heavy (non-hydrogen) atoms. The van der Waals surface area contributed by atoms with Gasteiger partial charge in [-0.25, -0.2) is 4.39 Å². The third kappa shape index (κ3) is 5.81. The molecule has 0 aliphatic heterocycles. The highest BCUT2D eigenvalue weighted by Crippen LogP contribution is 2.34. The van der Waals surface area contributed by atoms with Crippen LogP contribution in [-0.2, 0) is 6.42 Å². The lowest BCUT2D eigenvalue weighted by Gasteiger charge is -2.19. The molecule has 0 unspecified atom stereocenters. The molecule has 0 saturated carbocycles. The topological polar surface area (TPSA) is 81.9 Å². The largest absolute Gasteiger partial charge is 0.493 e. The zero-order valence-electron chi connectivity index (χ0n) is 18.4. The molecule has 0 aromatic heterocycles. The smallest absolute Gasteiger partial charge is 0.270 e. The van der Waals surface area contributed by atoms with E-state index < -0.39 is 16.6 Å². The summed E-state index contributed by atoms with van der Waals surface area (Å²) in [6.07, 6.45) is 0.535. The molecule has 0 heterocycles. The van der Waals surface area contributed by atoms with Crippen molar-refractivity contribution in [3.8, 4) is 11.5 Å². The molecule has 9 heteroatoms. The summed E-state index contributed by atoms with van der Waals surface area (Å²) in [5.41, 5.74) is 0.879. The van der Waals surface area contributed by atoms with E-state index in [-0.39, 0.29) is 11.3 Å². The first-order valence-electron chi connectivity index (χ1n) is 10.0. The first-order valence-corrected chi connectivity index (χ1v) is 10.8. The predicted octanol–water partition coefficient (Wildman–Crippen LogP) is 5.22. The van der Waals surface area contributed by atoms with Crippen molar-refractivity contribution >= 4 is 23.4 Å². The Labute approximate surface area is 195 Å². The lowest BCUT2D eigenvalue weighted by atomic mass is 10.1. The quantitative estimate of drug-likeness (QED) is 0.315. The van der Waals surface area contributed by atoms with E-state index in [1.165, 1.54) is 29.2 Å². The van der Waals surface area contributed by atoms with Crippen LogP contribution in [0.4, 0.5) is 10.1 Å². The van der Waals surface area contributed by atoms with Crippen LogP contribution >= 0.6 is 11.8 Å². The van der Waals surface area contributed by atoms with Crippen LogP contribution in [-0.4, -0.2) is 43.5 Å². The maximum atomic E-state index is 14.2. The Morgan fingerprint density at radius 2 is 1.76 bits per heavy atom. The second kappa shape index (κ2) is 10.8. The van der Waals surface area contributed by atoms with Gasteiger partial charge in [0.1, 0.15) is 5.82 Å². The second-order valence-corrected chi connectivity index (χ2v) is 8.22. The van der Waals surface area contributed by atoms with Gasteiger partial charge in [0.05, 0.1) is 24.7 Å². The molecule has 3 aromatic rings. The average molecular weight is 471 g/mol. The number of hydrogen-bond donors (Lipinski definition) is 0. The Morgan fingerprint density at radius 3 is 2.42 bits per heavy atom. The number of halogens is 1. The van der Waals surface area contributed by atoms with Crippen LogP contribution in [0, 0.1) is 15.9 Å². The molecule has 0 N–H and O–H groups in total. The summed E-state index contributed by atoms with van der Waals surface area (Å²) >= 11 is 1.05. The molecule has 0 saturated heterocycles. The van der Waals surface area contributed by atoms with Gasteiger partial charge in [-0.05, 0) is 42.3 Å². The van der Waals surface area contributed by atoms with Crippen LogP contribution < -0.4 is 9.47 Å². The van der Waals surface area contributed by atoms with Crippen LogP contribution in [0.5, 0.6) is 11.5 Å². The van der Waals surface area contributed by atoms with E-state index in [2.05, 4.69) is 0 Å². The number of carbonyl (C=O) groups excluding carboxylic acids is 1. The maximum absolute atomic E-state index is 14.2. The summed E-state index contributed by atoms with van der Waals surface area (Å²) in [5.74, 6) is 0.377. The van der Waals surface area contributed by atoms with Gasteiger partial charge in [-0.2, -0.15) is 0 Å². The minimum atomic E-state index is -0.558. The Bertz CT molecular complexity index is 1170. The van der Waals surface area contributed by atoms with Gasteiger partial charge in [-0.1, -0.05) is 30.0 Å². The predicted molar refractivity (Wildman–Crippen MR) is 124 cm³/mol. The highest BCUT2D eigenvalue weighted by atomic mass is 32.2. The van der Waals surface area contributed by atoms with E-state index in [9.17, 15) is 19.3 Å². The van der Waals surface area contributed by atoms with Crippen molar-refractivity contribution in [3.63, 3.8) is 0 Å². The van der Waals surface area contributed by atoms with Crippen molar-refractivity contribution in [2.75, 3.05) is 27.8 Å². The Hall–Kier alpha value is -3.59. The van der Waals surface area contributed by atoms with E-state index in [4.69, 9.17) is 9.47 Å². The summed E-state index contributed by atoms with van der Waals surface area (Å²) in [6, 6.07) is 15.7. The monoisotopic (exact) mass is 470 g/mol. The Morgan fingerprint density at radius 1 is 1.03 bits per heavy atom. The van der Waals surface area contributed by atoms with Gasteiger partial charge in [0.25, 0.3) is 11.6 Å². The molecule has 0 spiro atoms. The van der Waals surface area contributed by atoms with Crippen molar-refractivity contribution in [1.29, 1.82) is 0 Å². The van der Waals surface area contributed by atoms with Crippen LogP contribution in [0.2, 0.25) is 0 Å². The van der Waals surface area contributed by atoms with Crippen molar-refractivity contribution in [2.45, 2.75) is 16.2 Å². The average Bonchev–Trinajstić information content (AvgIpc) is 2.83. The number of non-ortho nitro benzene ring substituents is 1. The minimum Gasteiger partial charge on any atom is -0.493 e. The van der Waals surface area contributed by atoms with E-state index in [0.717, 1.165) is 17.3 Å². The summed E-state index contributed by atoms with van der Waals surface area (Å²) in [5, 5.41) is 11.3. The van der Waals surface area contributed by atoms with Crippen LogP contribution in [0.3, 0.4) is 0 Å². The van der Waals surface area contributed by atoms with Crippen molar-refractivity contribution < 1.29 is 23.6 Å². The molecule has 0 aliphatic carbocycles. The number of ether oxygens (including phenoxy) is 2. The van der Waals surface area contributed by atoms with Gasteiger partial charge in [0.2, 0.25) is 0 Å². The molecule has 0 radical (unpaired) electrons. The number of methoxy groups -OCH3 is 2. The molecule has 1 amide bonds. The number of nitro benzene ring substituents is 1. The number of rotatable bonds is 9. The number of carbonyl (C=O) groups is 1. The fourth-order valence-corrected chi connectivity index (χ4v) is 4.12. The minimum absolute atomic E-state index is 0.146. The van der Waals surface area contributed by atoms with E-state index in [0.29, 0.717) is 34.3 Å². The van der Waals surface area contributed by atoms with Gasteiger partial charge >= 0.3 is 0 Å². The highest BCUT2D eigenvalue weighted by molar-refractivity contribution is 7.99. The number of hydrogen-bond acceptors (Lipinski definition) is 6. The molecule has 0 atom stereocenters. The molecule has 0 aliphatic rings. The van der Waals surface area contributed by atoms with Crippen molar-refractivity contribution in [3.05, 3.63) is 87.7 Å². The van der Waals surface area contributed by atoms with Crippen molar-refractivity contribution in [2.24, 2.45) is 0 Å². The van der Waals surface area contributed by atoms with Crippen LogP contribution in [0.25, 0.3) is 0 Å². The molecule has 3 rings (SSSR count). The molecule has 172 valence electrons. The number of amides is 1. The summed E-state index contributed by atoms with van der Waals surface area (Å²) < 4.78 is 24.7. The zero-order chi connectivity index (χ0) is 24.0. The SMILES string of the molecule is COc1ccc(CCN(C)C(=O)c2cc([N+](=O)[O-])ccc2Sc2ccccc2F)cc1OC. The normalized spacial score (nSPS) is 10.5. The van der Waals surface area contributed by atoms with Gasteiger partial charge in [-0.3, -0.25) is 14.9 Å². The second-order valence-electron chi connectivity index (χ2n) is 7.14. The first-order chi connectivity index (χ1) is 15.8.